The molecule has 3 aromatic carbocycles. The molecule has 0 saturated heterocycles. The topological polar surface area (TPSA) is 75.3 Å². The Kier molecular flexibility index (Phi) is 5.83. The first-order valence-electron chi connectivity index (χ1n) is 9.66. The third kappa shape index (κ3) is 4.52. The molecule has 0 aliphatic heterocycles. The van der Waals surface area contributed by atoms with Crippen molar-refractivity contribution in [2.45, 2.75) is 34.8 Å². The number of rotatable bonds is 5. The predicted octanol–water partition coefficient (Wildman–Crippen LogP) is 5.29. The van der Waals surface area contributed by atoms with Crippen LogP contribution >= 0.6 is 11.8 Å². The van der Waals surface area contributed by atoms with Crippen molar-refractivity contribution in [2.24, 2.45) is 0 Å². The molecule has 1 aliphatic rings. The molecule has 7 heteroatoms. The zero-order chi connectivity index (χ0) is 21.1. The number of fused-ring (bicyclic) bond motifs is 1. The fraction of sp³-hybridized carbons (Fsp3) is 0.174. The maximum atomic E-state index is 12.5. The molecule has 3 aromatic rings. The van der Waals surface area contributed by atoms with Gasteiger partial charge in [-0.2, -0.15) is 0 Å². The van der Waals surface area contributed by atoms with Crippen LogP contribution in [0.1, 0.15) is 28.4 Å². The Hall–Kier alpha value is -2.77. The summed E-state index contributed by atoms with van der Waals surface area (Å²) in [6, 6.07) is 21.4. The van der Waals surface area contributed by atoms with Crippen molar-refractivity contribution in [3.05, 3.63) is 89.5 Å². The average molecular weight is 439 g/mol. The first-order chi connectivity index (χ1) is 14.4. The molecule has 0 saturated carbocycles. The van der Waals surface area contributed by atoms with Crippen LogP contribution in [-0.4, -0.2) is 14.4 Å². The van der Waals surface area contributed by atoms with E-state index < -0.39 is 16.1 Å². The third-order valence-electron chi connectivity index (χ3n) is 5.04. The first kappa shape index (κ1) is 20.5. The normalized spacial score (nSPS) is 15.4. The highest BCUT2D eigenvalue weighted by Crippen LogP contribution is 2.46. The maximum absolute atomic E-state index is 12.5. The van der Waals surface area contributed by atoms with Gasteiger partial charge in [-0.25, -0.2) is 17.9 Å². The molecule has 0 radical (unpaired) electrons. The Morgan fingerprint density at radius 3 is 2.47 bits per heavy atom. The largest absolute Gasteiger partial charge is 0.333 e. The average Bonchev–Trinajstić information content (AvgIpc) is 3.12. The third-order valence-corrected chi connectivity index (χ3v) is 7.77. The second kappa shape index (κ2) is 8.53. The fourth-order valence-electron chi connectivity index (χ4n) is 3.51. The van der Waals surface area contributed by atoms with Gasteiger partial charge < -0.3 is 5.32 Å². The van der Waals surface area contributed by atoms with Gasteiger partial charge in [0.15, 0.2) is 0 Å². The predicted molar refractivity (Wildman–Crippen MR) is 120 cm³/mol. The molecule has 0 spiro atoms. The molecule has 0 aromatic heterocycles. The summed E-state index contributed by atoms with van der Waals surface area (Å²) < 4.78 is 27.0. The van der Waals surface area contributed by atoms with Gasteiger partial charge in [0.2, 0.25) is 0 Å². The van der Waals surface area contributed by atoms with E-state index in [0.717, 1.165) is 23.3 Å². The standard InChI is InChI=1S/C23H22N2O3S2/c1-16-10-13-18(14-11-16)30(27,28)25-23(26)24-20-8-4-5-9-22(20)29-21-15-12-17-6-2-3-7-19(17)21/h2-11,13-14,21H,12,15H2,1H3,(H2,24,25,26). The number of carbonyl (C=O) groups is 1. The van der Waals surface area contributed by atoms with Crippen molar-refractivity contribution in [2.75, 3.05) is 5.32 Å². The zero-order valence-electron chi connectivity index (χ0n) is 16.5. The number of carbonyl (C=O) groups excluding carboxylic acids is 1. The molecular formula is C23H22N2O3S2. The van der Waals surface area contributed by atoms with E-state index in [9.17, 15) is 13.2 Å². The molecule has 0 fully saturated rings. The Bertz CT molecular complexity index is 1180. The van der Waals surface area contributed by atoms with Gasteiger partial charge in [-0.3, -0.25) is 0 Å². The van der Waals surface area contributed by atoms with Crippen LogP contribution in [0.25, 0.3) is 0 Å². The Morgan fingerprint density at radius 2 is 1.67 bits per heavy atom. The van der Waals surface area contributed by atoms with Crippen LogP contribution in [0.15, 0.2) is 82.6 Å². The van der Waals surface area contributed by atoms with E-state index in [1.54, 1.807) is 30.0 Å². The lowest BCUT2D eigenvalue weighted by Gasteiger charge is -2.16. The highest BCUT2D eigenvalue weighted by Gasteiger charge is 2.24. The maximum Gasteiger partial charge on any atom is 0.333 e. The highest BCUT2D eigenvalue weighted by atomic mass is 32.2. The molecule has 1 aliphatic carbocycles. The van der Waals surface area contributed by atoms with Crippen LogP contribution in [0, 0.1) is 6.92 Å². The van der Waals surface area contributed by atoms with E-state index in [1.807, 2.05) is 31.2 Å². The van der Waals surface area contributed by atoms with Crippen LogP contribution < -0.4 is 10.0 Å². The molecular weight excluding hydrogens is 416 g/mol. The van der Waals surface area contributed by atoms with E-state index >= 15 is 0 Å². The molecule has 4 rings (SSSR count). The van der Waals surface area contributed by atoms with Crippen LogP contribution in [0.4, 0.5) is 10.5 Å². The van der Waals surface area contributed by atoms with Gasteiger partial charge in [-0.05, 0) is 55.2 Å². The summed E-state index contributed by atoms with van der Waals surface area (Å²) in [6.45, 7) is 1.87. The van der Waals surface area contributed by atoms with E-state index in [4.69, 9.17) is 0 Å². The van der Waals surface area contributed by atoms with Crippen molar-refractivity contribution >= 4 is 33.5 Å². The van der Waals surface area contributed by atoms with Crippen molar-refractivity contribution < 1.29 is 13.2 Å². The quantitative estimate of drug-likeness (QED) is 0.568. The molecule has 2 N–H and O–H groups in total. The van der Waals surface area contributed by atoms with Crippen LogP contribution in [0.2, 0.25) is 0 Å². The molecule has 154 valence electrons. The van der Waals surface area contributed by atoms with Gasteiger partial charge in [-0.15, -0.1) is 11.8 Å². The summed E-state index contributed by atoms with van der Waals surface area (Å²) in [5.41, 5.74) is 4.22. The molecule has 1 unspecified atom stereocenters. The lowest BCUT2D eigenvalue weighted by atomic mass is 10.1. The van der Waals surface area contributed by atoms with Crippen molar-refractivity contribution in [1.82, 2.24) is 4.72 Å². The van der Waals surface area contributed by atoms with Gasteiger partial charge in [0.25, 0.3) is 10.0 Å². The summed E-state index contributed by atoms with van der Waals surface area (Å²) in [7, 11) is -3.94. The highest BCUT2D eigenvalue weighted by molar-refractivity contribution is 7.99. The lowest BCUT2D eigenvalue weighted by Crippen LogP contribution is -2.34. The summed E-state index contributed by atoms with van der Waals surface area (Å²) in [5.74, 6) is 0. The number of amides is 2. The van der Waals surface area contributed by atoms with Gasteiger partial charge in [0, 0.05) is 10.1 Å². The lowest BCUT2D eigenvalue weighted by molar-refractivity contribution is 0.256. The van der Waals surface area contributed by atoms with E-state index in [1.165, 1.54) is 23.3 Å². The molecule has 30 heavy (non-hydrogen) atoms. The van der Waals surface area contributed by atoms with Gasteiger partial charge in [0.1, 0.15) is 0 Å². The van der Waals surface area contributed by atoms with Crippen LogP contribution in [0.3, 0.4) is 0 Å². The van der Waals surface area contributed by atoms with Crippen LogP contribution in [0.5, 0.6) is 0 Å². The number of urea groups is 1. The fourth-order valence-corrected chi connectivity index (χ4v) is 5.72. The number of hydrogen-bond donors (Lipinski definition) is 2. The minimum absolute atomic E-state index is 0.0495. The minimum Gasteiger partial charge on any atom is -0.306 e. The molecule has 1 atom stereocenters. The molecule has 0 bridgehead atoms. The number of anilines is 1. The summed E-state index contributed by atoms with van der Waals surface area (Å²) in [6.07, 6.45) is 2.07. The monoisotopic (exact) mass is 438 g/mol. The van der Waals surface area contributed by atoms with Crippen LogP contribution in [-0.2, 0) is 16.4 Å². The summed E-state index contributed by atoms with van der Waals surface area (Å²) in [5, 5.41) is 3.00. The van der Waals surface area contributed by atoms with Gasteiger partial charge in [-0.1, -0.05) is 54.1 Å². The summed E-state index contributed by atoms with van der Waals surface area (Å²) >= 11 is 1.69. The Labute approximate surface area is 181 Å². The Morgan fingerprint density at radius 1 is 0.967 bits per heavy atom. The summed E-state index contributed by atoms with van der Waals surface area (Å²) in [4.78, 5) is 13.4. The van der Waals surface area contributed by atoms with E-state index in [-0.39, 0.29) is 4.90 Å². The molecule has 0 heterocycles. The van der Waals surface area contributed by atoms with E-state index in [2.05, 4.69) is 28.2 Å². The first-order valence-corrected chi connectivity index (χ1v) is 12.0. The number of sulfonamides is 1. The smallest absolute Gasteiger partial charge is 0.306 e. The number of nitrogens with one attached hydrogen (secondary N) is 2. The molecule has 5 nitrogen and oxygen atoms in total. The number of hydrogen-bond acceptors (Lipinski definition) is 4. The number of para-hydroxylation sites is 1. The zero-order valence-corrected chi connectivity index (χ0v) is 18.1. The number of aryl methyl sites for hydroxylation is 2. The number of thioether (sulfide) groups is 1. The van der Waals surface area contributed by atoms with Crippen molar-refractivity contribution in [1.29, 1.82) is 0 Å². The van der Waals surface area contributed by atoms with Crippen molar-refractivity contribution in [3.8, 4) is 0 Å². The second-order valence-corrected chi connectivity index (χ2v) is 10.1. The van der Waals surface area contributed by atoms with Gasteiger partial charge >= 0.3 is 6.03 Å². The van der Waals surface area contributed by atoms with E-state index in [0.29, 0.717) is 10.9 Å². The second-order valence-electron chi connectivity index (χ2n) is 7.21. The Balaban J connectivity index is 1.48. The molecule has 2 amide bonds. The van der Waals surface area contributed by atoms with Gasteiger partial charge in [0.05, 0.1) is 10.6 Å². The minimum atomic E-state index is -3.94. The van der Waals surface area contributed by atoms with Crippen molar-refractivity contribution in [3.63, 3.8) is 0 Å². The SMILES string of the molecule is Cc1ccc(S(=O)(=O)NC(=O)Nc2ccccc2SC2CCc3ccccc32)cc1. The number of benzene rings is 3.